The molecule has 0 spiro atoms. The number of esters is 1. The molecule has 1 saturated carbocycles. The topological polar surface area (TPSA) is 35.5 Å². The van der Waals surface area contributed by atoms with Crippen molar-refractivity contribution in [1.29, 1.82) is 0 Å². The molecule has 0 heterocycles. The van der Waals surface area contributed by atoms with Gasteiger partial charge in [-0.3, -0.25) is 4.79 Å². The van der Waals surface area contributed by atoms with E-state index in [9.17, 15) is 4.79 Å². The summed E-state index contributed by atoms with van der Waals surface area (Å²) in [6.07, 6.45) is 10.5. The monoisotopic (exact) mass is 554 g/mol. The molecule has 0 N–H and O–H groups in total. The molecule has 3 nitrogen and oxygen atoms in total. The molecule has 2 atom stereocenters. The Morgan fingerprint density at radius 2 is 1.17 bits per heavy atom. The van der Waals surface area contributed by atoms with E-state index in [2.05, 4.69) is 84.9 Å². The van der Waals surface area contributed by atoms with Crippen molar-refractivity contribution < 1.29 is 14.3 Å². The maximum absolute atomic E-state index is 14.7. The van der Waals surface area contributed by atoms with Gasteiger partial charge in [0, 0.05) is 17.8 Å². The number of carbonyl (C=O) groups excluding carboxylic acids is 1. The summed E-state index contributed by atoms with van der Waals surface area (Å²) in [6.45, 7) is 0. The largest absolute Gasteiger partial charge is 0.490 e. The third-order valence-corrected chi connectivity index (χ3v) is 10.4. The maximum atomic E-state index is 14.7. The number of benzene rings is 4. The molecule has 2 unspecified atom stereocenters. The zero-order chi connectivity index (χ0) is 28.0. The fraction of sp³-hybridized carbons (Fsp3) is 0.359. The number of ether oxygens (including phenoxy) is 2. The Morgan fingerprint density at radius 3 is 1.88 bits per heavy atom. The van der Waals surface area contributed by atoms with Crippen molar-refractivity contribution in [3.05, 3.63) is 130 Å². The predicted octanol–water partition coefficient (Wildman–Crippen LogP) is 8.87. The summed E-state index contributed by atoms with van der Waals surface area (Å²) in [6, 6.07) is 32.3. The minimum atomic E-state index is -0.352. The van der Waals surface area contributed by atoms with E-state index in [-0.39, 0.29) is 35.7 Å². The zero-order valence-electron chi connectivity index (χ0n) is 24.1. The van der Waals surface area contributed by atoms with Crippen LogP contribution in [0.5, 0.6) is 11.5 Å². The highest BCUT2D eigenvalue weighted by Crippen LogP contribution is 2.62. The van der Waals surface area contributed by atoms with Crippen molar-refractivity contribution in [2.45, 2.75) is 81.6 Å². The van der Waals surface area contributed by atoms with Gasteiger partial charge < -0.3 is 9.47 Å². The van der Waals surface area contributed by atoms with Crippen LogP contribution in [0.2, 0.25) is 0 Å². The first kappa shape index (κ1) is 25.8. The summed E-state index contributed by atoms with van der Waals surface area (Å²) in [7, 11) is 0. The standard InChI is InChI=1S/C39H38O3/c40-39(42-33-24-12-14-25-13-4-5-17-27(25)33)38-36-30-20-8-6-18-28(30)35(29-19-7-9-21-31(29)36)37(38)32-22-10-11-23-34(32)41-26-15-2-1-3-16-26/h6-12,14,18-24,26,35-38H,1-5,13,15-17H2. The van der Waals surface area contributed by atoms with Gasteiger partial charge in [-0.25, -0.2) is 0 Å². The lowest BCUT2D eigenvalue weighted by molar-refractivity contribution is -0.141. The van der Waals surface area contributed by atoms with E-state index in [1.54, 1.807) is 0 Å². The van der Waals surface area contributed by atoms with E-state index in [1.807, 2.05) is 6.07 Å². The quantitative estimate of drug-likeness (QED) is 0.183. The summed E-state index contributed by atoms with van der Waals surface area (Å²) >= 11 is 0. The smallest absolute Gasteiger partial charge is 0.315 e. The Balaban J connectivity index is 1.27. The normalized spacial score (nSPS) is 24.3. The first-order valence-corrected chi connectivity index (χ1v) is 16.0. The van der Waals surface area contributed by atoms with Gasteiger partial charge in [0.15, 0.2) is 0 Å². The van der Waals surface area contributed by atoms with E-state index in [1.165, 1.54) is 59.1 Å². The highest BCUT2D eigenvalue weighted by Gasteiger charge is 2.54. The fourth-order valence-corrected chi connectivity index (χ4v) is 8.58. The molecule has 5 aliphatic carbocycles. The van der Waals surface area contributed by atoms with Crippen LogP contribution in [0, 0.1) is 5.92 Å². The fourth-order valence-electron chi connectivity index (χ4n) is 8.58. The third kappa shape index (κ3) is 4.28. The second-order valence-corrected chi connectivity index (χ2v) is 12.7. The maximum Gasteiger partial charge on any atom is 0.315 e. The summed E-state index contributed by atoms with van der Waals surface area (Å²) in [5, 5.41) is 0. The van der Waals surface area contributed by atoms with E-state index < -0.39 is 0 Å². The summed E-state index contributed by atoms with van der Waals surface area (Å²) in [5.41, 5.74) is 8.88. The van der Waals surface area contributed by atoms with E-state index >= 15 is 0 Å². The minimum Gasteiger partial charge on any atom is -0.490 e. The molecular formula is C39H38O3. The van der Waals surface area contributed by atoms with Crippen molar-refractivity contribution >= 4 is 5.97 Å². The first-order chi connectivity index (χ1) is 20.8. The highest BCUT2D eigenvalue weighted by molar-refractivity contribution is 5.82. The molecule has 5 aliphatic rings. The Kier molecular flexibility index (Phi) is 6.62. The zero-order valence-corrected chi connectivity index (χ0v) is 24.1. The molecule has 4 aromatic rings. The molecule has 2 bridgehead atoms. The molecule has 9 rings (SSSR count). The first-order valence-electron chi connectivity index (χ1n) is 16.0. The minimum absolute atomic E-state index is 0.0562. The number of fused-ring (bicyclic) bond motifs is 2. The van der Waals surface area contributed by atoms with Crippen LogP contribution in [0.4, 0.5) is 0 Å². The van der Waals surface area contributed by atoms with Crippen LogP contribution in [-0.2, 0) is 17.6 Å². The number of aryl methyl sites for hydroxylation is 1. The molecule has 0 amide bonds. The van der Waals surface area contributed by atoms with Gasteiger partial charge in [-0.15, -0.1) is 0 Å². The second-order valence-electron chi connectivity index (χ2n) is 12.7. The van der Waals surface area contributed by atoms with Gasteiger partial charge in [0.2, 0.25) is 0 Å². The van der Waals surface area contributed by atoms with Crippen LogP contribution in [0.3, 0.4) is 0 Å². The van der Waals surface area contributed by atoms with Crippen LogP contribution in [0.15, 0.2) is 91.0 Å². The summed E-state index contributed by atoms with van der Waals surface area (Å²) < 4.78 is 13.3. The van der Waals surface area contributed by atoms with Crippen molar-refractivity contribution in [2.75, 3.05) is 0 Å². The third-order valence-electron chi connectivity index (χ3n) is 10.4. The van der Waals surface area contributed by atoms with Crippen LogP contribution in [0.1, 0.15) is 102 Å². The molecule has 3 heteroatoms. The lowest BCUT2D eigenvalue weighted by Crippen LogP contribution is -2.44. The average molecular weight is 555 g/mol. The lowest BCUT2D eigenvalue weighted by atomic mass is 9.52. The molecule has 0 radical (unpaired) electrons. The van der Waals surface area contributed by atoms with Gasteiger partial charge in [-0.2, -0.15) is 0 Å². The van der Waals surface area contributed by atoms with E-state index in [4.69, 9.17) is 9.47 Å². The summed E-state index contributed by atoms with van der Waals surface area (Å²) in [5.74, 6) is 1.13. The van der Waals surface area contributed by atoms with Gasteiger partial charge in [-0.05, 0) is 102 Å². The molecule has 4 aromatic carbocycles. The van der Waals surface area contributed by atoms with Crippen molar-refractivity contribution in [1.82, 2.24) is 0 Å². The number of carbonyl (C=O) groups is 1. The van der Waals surface area contributed by atoms with Crippen LogP contribution < -0.4 is 9.47 Å². The molecule has 42 heavy (non-hydrogen) atoms. The molecule has 1 fully saturated rings. The number of para-hydroxylation sites is 1. The Hall–Kier alpha value is -3.85. The lowest BCUT2D eigenvalue weighted by Gasteiger charge is -2.50. The second kappa shape index (κ2) is 10.8. The van der Waals surface area contributed by atoms with Crippen LogP contribution in [-0.4, -0.2) is 12.1 Å². The van der Waals surface area contributed by atoms with Crippen LogP contribution >= 0.6 is 0 Å². The van der Waals surface area contributed by atoms with Gasteiger partial charge in [0.05, 0.1) is 12.0 Å². The molecule has 0 aliphatic heterocycles. The Labute approximate surface area is 248 Å². The average Bonchev–Trinajstić information content (AvgIpc) is 3.05. The number of hydrogen-bond acceptors (Lipinski definition) is 3. The van der Waals surface area contributed by atoms with Gasteiger partial charge in [-0.1, -0.05) is 85.3 Å². The van der Waals surface area contributed by atoms with E-state index in [0.717, 1.165) is 49.2 Å². The van der Waals surface area contributed by atoms with E-state index in [0.29, 0.717) is 0 Å². The van der Waals surface area contributed by atoms with Gasteiger partial charge >= 0.3 is 5.97 Å². The molecule has 0 saturated heterocycles. The Bertz CT molecular complexity index is 1580. The highest BCUT2D eigenvalue weighted by atomic mass is 16.5. The SMILES string of the molecule is O=C(Oc1cccc2c1CCCC2)C1C2c3ccccc3C(c3ccccc32)C1c1ccccc1OC1CCCCC1. The number of rotatable bonds is 5. The summed E-state index contributed by atoms with van der Waals surface area (Å²) in [4.78, 5) is 14.7. The van der Waals surface area contributed by atoms with Crippen molar-refractivity contribution in [2.24, 2.45) is 5.92 Å². The molecular weight excluding hydrogens is 516 g/mol. The molecule has 212 valence electrons. The van der Waals surface area contributed by atoms with Crippen molar-refractivity contribution in [3.8, 4) is 11.5 Å². The van der Waals surface area contributed by atoms with Crippen LogP contribution in [0.25, 0.3) is 0 Å². The Morgan fingerprint density at radius 1 is 0.571 bits per heavy atom. The molecule has 0 aromatic heterocycles. The number of hydrogen-bond donors (Lipinski definition) is 0. The van der Waals surface area contributed by atoms with Crippen molar-refractivity contribution in [3.63, 3.8) is 0 Å². The van der Waals surface area contributed by atoms with Gasteiger partial charge in [0.1, 0.15) is 11.5 Å². The predicted molar refractivity (Wildman–Crippen MR) is 165 cm³/mol. The van der Waals surface area contributed by atoms with Gasteiger partial charge in [0.25, 0.3) is 0 Å².